The van der Waals surface area contributed by atoms with Crippen molar-refractivity contribution in [1.29, 1.82) is 0 Å². The lowest BCUT2D eigenvalue weighted by Gasteiger charge is -2.36. The highest BCUT2D eigenvalue weighted by atomic mass is 35.5. The summed E-state index contributed by atoms with van der Waals surface area (Å²) in [4.78, 5) is 9.24. The topological polar surface area (TPSA) is 19.4 Å². The van der Waals surface area contributed by atoms with Gasteiger partial charge in [-0.25, -0.2) is 4.98 Å². The summed E-state index contributed by atoms with van der Waals surface area (Å²) in [5.41, 5.74) is 0.956. The summed E-state index contributed by atoms with van der Waals surface area (Å²) in [6.07, 6.45) is 1.70. The molecule has 1 saturated heterocycles. The summed E-state index contributed by atoms with van der Waals surface area (Å²) in [7, 11) is 0. The third-order valence-electron chi connectivity index (χ3n) is 3.38. The van der Waals surface area contributed by atoms with Crippen molar-refractivity contribution in [2.75, 3.05) is 37.6 Å². The average Bonchev–Trinajstić information content (AvgIpc) is 2.40. The van der Waals surface area contributed by atoms with Crippen molar-refractivity contribution in [2.45, 2.75) is 19.7 Å². The first kappa shape index (κ1) is 14.9. The van der Waals surface area contributed by atoms with Gasteiger partial charge >= 0.3 is 0 Å². The minimum atomic E-state index is 0.432. The van der Waals surface area contributed by atoms with Gasteiger partial charge in [-0.05, 0) is 17.5 Å². The van der Waals surface area contributed by atoms with Gasteiger partial charge in [0.2, 0.25) is 0 Å². The Hall–Kier alpha value is -0.510. The second-order valence-corrected chi connectivity index (χ2v) is 6.12. The van der Waals surface area contributed by atoms with Crippen molar-refractivity contribution in [1.82, 2.24) is 9.88 Å². The molecular formula is C14H21Cl2N3. The quantitative estimate of drug-likeness (QED) is 0.796. The van der Waals surface area contributed by atoms with E-state index < -0.39 is 0 Å². The molecule has 0 amide bonds. The normalized spacial score (nSPS) is 17.2. The van der Waals surface area contributed by atoms with Crippen LogP contribution in [0.25, 0.3) is 0 Å². The standard InChI is InChI=1S/C14H21Cl2N3/c1-11(2)10-18-3-5-19(6-4-18)14-7-12(8-15)13(16)9-17-14/h7,9,11H,3-6,8,10H2,1-2H3. The molecule has 3 nitrogen and oxygen atoms in total. The SMILES string of the molecule is CC(C)CN1CCN(c2cc(CCl)c(Cl)cn2)CC1. The van der Waals surface area contributed by atoms with E-state index in [0.29, 0.717) is 10.9 Å². The van der Waals surface area contributed by atoms with Crippen LogP contribution < -0.4 is 4.90 Å². The lowest BCUT2D eigenvalue weighted by atomic mass is 10.2. The Morgan fingerprint density at radius 2 is 1.95 bits per heavy atom. The summed E-state index contributed by atoms with van der Waals surface area (Å²) in [6.45, 7) is 9.93. The van der Waals surface area contributed by atoms with E-state index >= 15 is 0 Å². The third kappa shape index (κ3) is 3.98. The number of rotatable bonds is 4. The molecule has 0 atom stereocenters. The monoisotopic (exact) mass is 301 g/mol. The van der Waals surface area contributed by atoms with Gasteiger partial charge in [-0.1, -0.05) is 25.4 Å². The van der Waals surface area contributed by atoms with E-state index in [1.807, 2.05) is 6.07 Å². The van der Waals surface area contributed by atoms with Crippen molar-refractivity contribution in [3.8, 4) is 0 Å². The molecule has 0 N–H and O–H groups in total. The van der Waals surface area contributed by atoms with Gasteiger partial charge < -0.3 is 4.90 Å². The molecule has 19 heavy (non-hydrogen) atoms. The number of aromatic nitrogens is 1. The molecule has 1 aliphatic rings. The predicted octanol–water partition coefficient (Wildman–Crippen LogP) is 3.25. The molecule has 1 aromatic rings. The second-order valence-electron chi connectivity index (χ2n) is 5.45. The number of nitrogens with zero attached hydrogens (tertiary/aromatic N) is 3. The number of piperazine rings is 1. The lowest BCUT2D eigenvalue weighted by Crippen LogP contribution is -2.47. The molecule has 0 saturated carbocycles. The van der Waals surface area contributed by atoms with Crippen LogP contribution in [0.4, 0.5) is 5.82 Å². The van der Waals surface area contributed by atoms with Crippen LogP contribution in [0.2, 0.25) is 5.02 Å². The molecule has 2 heterocycles. The zero-order valence-corrected chi connectivity index (χ0v) is 13.1. The lowest BCUT2D eigenvalue weighted by molar-refractivity contribution is 0.231. The summed E-state index contributed by atoms with van der Waals surface area (Å²) in [6, 6.07) is 2.01. The fraction of sp³-hybridized carbons (Fsp3) is 0.643. The number of anilines is 1. The van der Waals surface area contributed by atoms with E-state index in [-0.39, 0.29) is 0 Å². The minimum absolute atomic E-state index is 0.432. The van der Waals surface area contributed by atoms with Crippen LogP contribution in [0.1, 0.15) is 19.4 Å². The zero-order chi connectivity index (χ0) is 13.8. The Labute approximate surface area is 125 Å². The number of alkyl halides is 1. The number of hydrogen-bond donors (Lipinski definition) is 0. The molecule has 1 aromatic heterocycles. The van der Waals surface area contributed by atoms with Gasteiger partial charge in [-0.15, -0.1) is 11.6 Å². The molecular weight excluding hydrogens is 281 g/mol. The first-order chi connectivity index (χ1) is 9.10. The van der Waals surface area contributed by atoms with E-state index in [1.165, 1.54) is 6.54 Å². The van der Waals surface area contributed by atoms with E-state index in [2.05, 4.69) is 28.6 Å². The highest BCUT2D eigenvalue weighted by Crippen LogP contribution is 2.22. The fourth-order valence-electron chi connectivity index (χ4n) is 2.42. The van der Waals surface area contributed by atoms with Gasteiger partial charge in [0.05, 0.1) is 5.02 Å². The van der Waals surface area contributed by atoms with E-state index in [1.54, 1.807) is 6.20 Å². The maximum Gasteiger partial charge on any atom is 0.128 e. The first-order valence-corrected chi connectivity index (χ1v) is 7.69. The van der Waals surface area contributed by atoms with Crippen LogP contribution in [0.15, 0.2) is 12.3 Å². The smallest absolute Gasteiger partial charge is 0.128 e. The van der Waals surface area contributed by atoms with Crippen LogP contribution in [0.3, 0.4) is 0 Å². The van der Waals surface area contributed by atoms with E-state index in [0.717, 1.165) is 43.5 Å². The maximum absolute atomic E-state index is 6.04. The minimum Gasteiger partial charge on any atom is -0.354 e. The summed E-state index contributed by atoms with van der Waals surface area (Å²) >= 11 is 11.9. The van der Waals surface area contributed by atoms with Crippen LogP contribution >= 0.6 is 23.2 Å². The second kappa shape index (κ2) is 6.78. The van der Waals surface area contributed by atoms with E-state index in [9.17, 15) is 0 Å². The van der Waals surface area contributed by atoms with Crippen LogP contribution in [0, 0.1) is 5.92 Å². The molecule has 0 spiro atoms. The predicted molar refractivity (Wildman–Crippen MR) is 82.3 cm³/mol. The molecule has 2 rings (SSSR count). The molecule has 106 valence electrons. The third-order valence-corrected chi connectivity index (χ3v) is 4.01. The highest BCUT2D eigenvalue weighted by Gasteiger charge is 2.19. The fourth-order valence-corrected chi connectivity index (χ4v) is 2.88. The zero-order valence-electron chi connectivity index (χ0n) is 11.6. The summed E-state index contributed by atoms with van der Waals surface area (Å²) in [5, 5.41) is 0.650. The van der Waals surface area contributed by atoms with Crippen molar-refractivity contribution in [3.63, 3.8) is 0 Å². The van der Waals surface area contributed by atoms with E-state index in [4.69, 9.17) is 23.2 Å². The summed E-state index contributed by atoms with van der Waals surface area (Å²) < 4.78 is 0. The highest BCUT2D eigenvalue weighted by molar-refractivity contribution is 6.32. The molecule has 0 aliphatic carbocycles. The van der Waals surface area contributed by atoms with Gasteiger partial charge in [-0.2, -0.15) is 0 Å². The molecule has 5 heteroatoms. The number of pyridine rings is 1. The molecule has 0 radical (unpaired) electrons. The largest absolute Gasteiger partial charge is 0.354 e. The van der Waals surface area contributed by atoms with Gasteiger partial charge in [0, 0.05) is 44.8 Å². The summed E-state index contributed by atoms with van der Waals surface area (Å²) in [5.74, 6) is 2.15. The van der Waals surface area contributed by atoms with Crippen LogP contribution in [-0.4, -0.2) is 42.6 Å². The molecule has 0 aromatic carbocycles. The van der Waals surface area contributed by atoms with Gasteiger partial charge in [0.25, 0.3) is 0 Å². The first-order valence-electron chi connectivity index (χ1n) is 6.78. The van der Waals surface area contributed by atoms with Gasteiger partial charge in [-0.3, -0.25) is 4.90 Å². The van der Waals surface area contributed by atoms with Crippen LogP contribution in [-0.2, 0) is 5.88 Å². The van der Waals surface area contributed by atoms with Crippen molar-refractivity contribution in [2.24, 2.45) is 5.92 Å². The average molecular weight is 302 g/mol. The molecule has 1 aliphatic heterocycles. The molecule has 0 bridgehead atoms. The number of hydrogen-bond acceptors (Lipinski definition) is 3. The Kier molecular flexibility index (Phi) is 5.31. The van der Waals surface area contributed by atoms with Crippen molar-refractivity contribution >= 4 is 29.0 Å². The van der Waals surface area contributed by atoms with Crippen molar-refractivity contribution < 1.29 is 0 Å². The van der Waals surface area contributed by atoms with Crippen LogP contribution in [0.5, 0.6) is 0 Å². The Balaban J connectivity index is 1.97. The van der Waals surface area contributed by atoms with Gasteiger partial charge in [0.1, 0.15) is 5.82 Å². The number of halogens is 2. The van der Waals surface area contributed by atoms with Gasteiger partial charge in [0.15, 0.2) is 0 Å². The maximum atomic E-state index is 6.04. The molecule has 0 unspecified atom stereocenters. The Morgan fingerprint density at radius 3 is 2.53 bits per heavy atom. The Morgan fingerprint density at radius 1 is 1.26 bits per heavy atom. The van der Waals surface area contributed by atoms with Crippen molar-refractivity contribution in [3.05, 3.63) is 22.8 Å². The Bertz CT molecular complexity index is 415. The molecule has 1 fully saturated rings.